The Kier molecular flexibility index (Phi) is 5.79. The smallest absolute Gasteiger partial charge is 0.321 e. The molecule has 0 atom stereocenters. The van der Waals surface area contributed by atoms with E-state index in [1.165, 1.54) is 12.1 Å². The predicted molar refractivity (Wildman–Crippen MR) is 86.4 cm³/mol. The van der Waals surface area contributed by atoms with Crippen LogP contribution in [0.25, 0.3) is 0 Å². The van der Waals surface area contributed by atoms with Crippen molar-refractivity contribution in [2.24, 2.45) is 0 Å². The van der Waals surface area contributed by atoms with Crippen LogP contribution in [0.3, 0.4) is 0 Å². The first-order valence-electron chi connectivity index (χ1n) is 7.68. The number of hydrogen-bond acceptors (Lipinski definition) is 3. The molecule has 122 valence electrons. The quantitative estimate of drug-likeness (QED) is 0.788. The van der Waals surface area contributed by atoms with Gasteiger partial charge in [-0.25, -0.2) is 17.9 Å². The SMILES string of the molecule is CCCCNS(=O)(=O)c1ccc(NC(=O)N2CCCC2)cc1. The number of nitrogens with zero attached hydrogens (tertiary/aromatic N) is 1. The van der Waals surface area contributed by atoms with Crippen LogP contribution in [0, 0.1) is 0 Å². The fourth-order valence-corrected chi connectivity index (χ4v) is 3.38. The molecule has 0 radical (unpaired) electrons. The van der Waals surface area contributed by atoms with Gasteiger partial charge in [-0.3, -0.25) is 0 Å². The van der Waals surface area contributed by atoms with Crippen molar-refractivity contribution >= 4 is 21.7 Å². The third kappa shape index (κ3) is 4.45. The Hall–Kier alpha value is -1.60. The van der Waals surface area contributed by atoms with Crippen LogP contribution in [0.15, 0.2) is 29.2 Å². The first-order valence-corrected chi connectivity index (χ1v) is 9.17. The van der Waals surface area contributed by atoms with Crippen molar-refractivity contribution in [3.8, 4) is 0 Å². The maximum atomic E-state index is 12.0. The first-order chi connectivity index (χ1) is 10.5. The molecule has 1 heterocycles. The largest absolute Gasteiger partial charge is 0.325 e. The zero-order valence-electron chi connectivity index (χ0n) is 12.8. The second-order valence-corrected chi connectivity index (χ2v) is 7.17. The van der Waals surface area contributed by atoms with Crippen LogP contribution >= 0.6 is 0 Å². The summed E-state index contributed by atoms with van der Waals surface area (Å²) in [4.78, 5) is 13.9. The number of likely N-dealkylation sites (tertiary alicyclic amines) is 1. The van der Waals surface area contributed by atoms with Gasteiger partial charge in [0.05, 0.1) is 4.90 Å². The molecule has 1 aromatic rings. The number of urea groups is 1. The van der Waals surface area contributed by atoms with E-state index in [4.69, 9.17) is 0 Å². The number of sulfonamides is 1. The van der Waals surface area contributed by atoms with Crippen molar-refractivity contribution in [2.75, 3.05) is 25.0 Å². The van der Waals surface area contributed by atoms with Gasteiger partial charge in [0.25, 0.3) is 0 Å². The second kappa shape index (κ2) is 7.60. The molecule has 1 aromatic carbocycles. The van der Waals surface area contributed by atoms with Gasteiger partial charge in [-0.1, -0.05) is 13.3 Å². The number of carbonyl (C=O) groups excluding carboxylic acids is 1. The third-order valence-electron chi connectivity index (χ3n) is 3.63. The highest BCUT2D eigenvalue weighted by Crippen LogP contribution is 2.16. The summed E-state index contributed by atoms with van der Waals surface area (Å²) in [6, 6.07) is 6.11. The number of nitrogens with one attached hydrogen (secondary N) is 2. The number of amides is 2. The minimum atomic E-state index is -3.47. The maximum Gasteiger partial charge on any atom is 0.321 e. The standard InChI is InChI=1S/C15H23N3O3S/c1-2-3-10-16-22(20,21)14-8-6-13(7-9-14)17-15(19)18-11-4-5-12-18/h6-9,16H,2-5,10-12H2,1H3,(H,17,19). The number of rotatable bonds is 6. The molecule has 6 nitrogen and oxygen atoms in total. The van der Waals surface area contributed by atoms with E-state index in [1.54, 1.807) is 17.0 Å². The summed E-state index contributed by atoms with van der Waals surface area (Å²) in [7, 11) is -3.47. The molecule has 2 amide bonds. The third-order valence-corrected chi connectivity index (χ3v) is 5.11. The lowest BCUT2D eigenvalue weighted by atomic mass is 10.3. The zero-order chi connectivity index (χ0) is 16.0. The Labute approximate surface area is 131 Å². The summed E-state index contributed by atoms with van der Waals surface area (Å²) in [6.07, 6.45) is 3.81. The minimum Gasteiger partial charge on any atom is -0.325 e. The van der Waals surface area contributed by atoms with E-state index in [0.717, 1.165) is 38.8 Å². The van der Waals surface area contributed by atoms with Crippen molar-refractivity contribution in [1.82, 2.24) is 9.62 Å². The fourth-order valence-electron chi connectivity index (χ4n) is 2.31. The van der Waals surface area contributed by atoms with Crippen LogP contribution in [0.5, 0.6) is 0 Å². The molecule has 1 fully saturated rings. The van der Waals surface area contributed by atoms with Gasteiger partial charge < -0.3 is 10.2 Å². The molecule has 1 aliphatic rings. The molecule has 2 N–H and O–H groups in total. The van der Waals surface area contributed by atoms with E-state index in [9.17, 15) is 13.2 Å². The molecular weight excluding hydrogens is 302 g/mol. The molecule has 0 aliphatic carbocycles. The Morgan fingerprint density at radius 2 is 1.82 bits per heavy atom. The summed E-state index contributed by atoms with van der Waals surface area (Å²) < 4.78 is 26.6. The molecular formula is C15H23N3O3S. The maximum absolute atomic E-state index is 12.0. The van der Waals surface area contributed by atoms with Gasteiger partial charge in [0.1, 0.15) is 0 Å². The summed E-state index contributed by atoms with van der Waals surface area (Å²) in [5.74, 6) is 0. The van der Waals surface area contributed by atoms with Gasteiger partial charge >= 0.3 is 6.03 Å². The van der Waals surface area contributed by atoms with Crippen molar-refractivity contribution in [3.05, 3.63) is 24.3 Å². The highest BCUT2D eigenvalue weighted by molar-refractivity contribution is 7.89. The highest BCUT2D eigenvalue weighted by atomic mass is 32.2. The molecule has 22 heavy (non-hydrogen) atoms. The van der Waals surface area contributed by atoms with Crippen molar-refractivity contribution < 1.29 is 13.2 Å². The summed E-state index contributed by atoms with van der Waals surface area (Å²) in [5, 5.41) is 2.79. The van der Waals surface area contributed by atoms with E-state index < -0.39 is 10.0 Å². The molecule has 7 heteroatoms. The van der Waals surface area contributed by atoms with Crippen LogP contribution in [0.4, 0.5) is 10.5 Å². The lowest BCUT2D eigenvalue weighted by Crippen LogP contribution is -2.32. The normalized spacial score (nSPS) is 15.0. The summed E-state index contributed by atoms with van der Waals surface area (Å²) in [5.41, 5.74) is 0.601. The van der Waals surface area contributed by atoms with Gasteiger partial charge in [0, 0.05) is 25.3 Å². The average Bonchev–Trinajstić information content (AvgIpc) is 3.02. The summed E-state index contributed by atoms with van der Waals surface area (Å²) in [6.45, 7) is 4.00. The number of unbranched alkanes of at least 4 members (excludes halogenated alkanes) is 1. The van der Waals surface area contributed by atoms with Gasteiger partial charge in [-0.15, -0.1) is 0 Å². The van der Waals surface area contributed by atoms with Crippen molar-refractivity contribution in [1.29, 1.82) is 0 Å². The van der Waals surface area contributed by atoms with Gasteiger partial charge in [0.15, 0.2) is 0 Å². The average molecular weight is 325 g/mol. The molecule has 1 saturated heterocycles. The molecule has 0 unspecified atom stereocenters. The van der Waals surface area contributed by atoms with Crippen LogP contribution in [-0.4, -0.2) is 39.0 Å². The van der Waals surface area contributed by atoms with Crippen molar-refractivity contribution in [3.63, 3.8) is 0 Å². The van der Waals surface area contributed by atoms with E-state index in [-0.39, 0.29) is 10.9 Å². The molecule has 1 aliphatic heterocycles. The van der Waals surface area contributed by atoms with E-state index >= 15 is 0 Å². The molecule has 2 rings (SSSR count). The second-order valence-electron chi connectivity index (χ2n) is 5.40. The monoisotopic (exact) mass is 325 g/mol. The van der Waals surface area contributed by atoms with Gasteiger partial charge in [0.2, 0.25) is 10.0 Å². The molecule has 0 aromatic heterocycles. The van der Waals surface area contributed by atoms with Gasteiger partial charge in [-0.2, -0.15) is 0 Å². The predicted octanol–water partition coefficient (Wildman–Crippen LogP) is 2.39. The number of carbonyl (C=O) groups is 1. The Morgan fingerprint density at radius 1 is 1.18 bits per heavy atom. The van der Waals surface area contributed by atoms with Crippen LogP contribution in [-0.2, 0) is 10.0 Å². The summed E-state index contributed by atoms with van der Waals surface area (Å²) >= 11 is 0. The van der Waals surface area contributed by atoms with E-state index in [1.807, 2.05) is 6.92 Å². The first kappa shape index (κ1) is 16.8. The minimum absolute atomic E-state index is 0.130. The Morgan fingerprint density at radius 3 is 2.41 bits per heavy atom. The zero-order valence-corrected chi connectivity index (χ0v) is 13.7. The van der Waals surface area contributed by atoms with Crippen LogP contribution < -0.4 is 10.0 Å². The Balaban J connectivity index is 1.96. The van der Waals surface area contributed by atoms with Crippen LogP contribution in [0.1, 0.15) is 32.6 Å². The number of hydrogen-bond donors (Lipinski definition) is 2. The van der Waals surface area contributed by atoms with Gasteiger partial charge in [-0.05, 0) is 43.5 Å². The van der Waals surface area contributed by atoms with Crippen molar-refractivity contribution in [2.45, 2.75) is 37.5 Å². The number of benzene rings is 1. The molecule has 0 spiro atoms. The molecule has 0 saturated carbocycles. The topological polar surface area (TPSA) is 78.5 Å². The fraction of sp³-hybridized carbons (Fsp3) is 0.533. The Bertz CT molecular complexity index is 593. The molecule has 0 bridgehead atoms. The highest BCUT2D eigenvalue weighted by Gasteiger charge is 2.18. The van der Waals surface area contributed by atoms with E-state index in [0.29, 0.717) is 12.2 Å². The lowest BCUT2D eigenvalue weighted by Gasteiger charge is -2.16. The number of anilines is 1. The van der Waals surface area contributed by atoms with E-state index in [2.05, 4.69) is 10.0 Å². The van der Waals surface area contributed by atoms with Crippen LogP contribution in [0.2, 0.25) is 0 Å². The lowest BCUT2D eigenvalue weighted by molar-refractivity contribution is 0.222.